The highest BCUT2D eigenvalue weighted by Crippen LogP contribution is 2.26. The molecule has 1 saturated heterocycles. The molecule has 1 amide bonds. The number of nitrogens with zero attached hydrogens (tertiary/aromatic N) is 5. The molecule has 0 unspecified atom stereocenters. The lowest BCUT2D eigenvalue weighted by Gasteiger charge is -2.38. The molecule has 4 aromatic rings. The van der Waals surface area contributed by atoms with E-state index >= 15 is 0 Å². The highest BCUT2D eigenvalue weighted by molar-refractivity contribution is 6.30. The van der Waals surface area contributed by atoms with Gasteiger partial charge in [-0.05, 0) is 61.7 Å². The molecule has 5 rings (SSSR count). The third kappa shape index (κ3) is 4.44. The molecule has 0 spiro atoms. The van der Waals surface area contributed by atoms with Gasteiger partial charge in [-0.25, -0.2) is 14.1 Å². The van der Waals surface area contributed by atoms with E-state index < -0.39 is 11.4 Å². The van der Waals surface area contributed by atoms with Gasteiger partial charge in [-0.2, -0.15) is 5.10 Å². The van der Waals surface area contributed by atoms with Crippen LogP contribution in [0.3, 0.4) is 0 Å². The summed E-state index contributed by atoms with van der Waals surface area (Å²) in [5.74, 6) is -0.702. The highest BCUT2D eigenvalue weighted by atomic mass is 35.5. The summed E-state index contributed by atoms with van der Waals surface area (Å²) in [5, 5.41) is 16.4. The Morgan fingerprint density at radius 3 is 2.57 bits per heavy atom. The SMILES string of the molecule is Cc1ccc(C(=O)N2CCC(O)(Cn3cnc4c(cnn4-c4ccc(Cl)cc4)c3=O)CC2)cc1F. The summed E-state index contributed by atoms with van der Waals surface area (Å²) in [6.45, 7) is 2.27. The lowest BCUT2D eigenvalue weighted by atomic mass is 9.91. The maximum absolute atomic E-state index is 13.9. The molecular formula is C25H23ClFN5O3. The molecule has 0 aliphatic carbocycles. The van der Waals surface area contributed by atoms with E-state index in [0.29, 0.717) is 34.7 Å². The van der Waals surface area contributed by atoms with Gasteiger partial charge in [0.05, 0.1) is 24.0 Å². The number of fused-ring (bicyclic) bond motifs is 1. The number of aliphatic hydroxyl groups is 1. The van der Waals surface area contributed by atoms with Crippen LogP contribution in [-0.4, -0.2) is 53.9 Å². The Kier molecular flexibility index (Phi) is 5.90. The molecule has 0 bridgehead atoms. The zero-order valence-corrected chi connectivity index (χ0v) is 19.7. The molecule has 0 atom stereocenters. The molecule has 1 fully saturated rings. The molecule has 1 aliphatic heterocycles. The molecular weight excluding hydrogens is 473 g/mol. The van der Waals surface area contributed by atoms with E-state index in [0.717, 1.165) is 5.69 Å². The van der Waals surface area contributed by atoms with Gasteiger partial charge in [-0.15, -0.1) is 0 Å². The van der Waals surface area contributed by atoms with E-state index in [1.165, 1.54) is 23.2 Å². The first kappa shape index (κ1) is 23.2. The predicted molar refractivity (Wildman–Crippen MR) is 129 cm³/mol. The number of benzene rings is 2. The topological polar surface area (TPSA) is 93.2 Å². The fraction of sp³-hybridized carbons (Fsp3) is 0.280. The third-order valence-corrected chi connectivity index (χ3v) is 6.74. The van der Waals surface area contributed by atoms with Gasteiger partial charge in [0.2, 0.25) is 0 Å². The van der Waals surface area contributed by atoms with Gasteiger partial charge in [0, 0.05) is 23.7 Å². The van der Waals surface area contributed by atoms with E-state index in [1.807, 2.05) is 0 Å². The Morgan fingerprint density at radius 2 is 1.89 bits per heavy atom. The van der Waals surface area contributed by atoms with Crippen molar-refractivity contribution in [3.63, 3.8) is 0 Å². The second kappa shape index (κ2) is 8.90. The Balaban J connectivity index is 1.31. The zero-order chi connectivity index (χ0) is 24.7. The Labute approximate surface area is 205 Å². The Morgan fingerprint density at radius 1 is 1.17 bits per heavy atom. The molecule has 8 nitrogen and oxygen atoms in total. The zero-order valence-electron chi connectivity index (χ0n) is 19.0. The van der Waals surface area contributed by atoms with E-state index in [-0.39, 0.29) is 36.4 Å². The number of hydrogen-bond donors (Lipinski definition) is 1. The Bertz CT molecular complexity index is 1470. The monoisotopic (exact) mass is 495 g/mol. The largest absolute Gasteiger partial charge is 0.388 e. The van der Waals surface area contributed by atoms with Crippen molar-refractivity contribution in [2.45, 2.75) is 31.9 Å². The van der Waals surface area contributed by atoms with Crippen molar-refractivity contribution in [1.29, 1.82) is 0 Å². The summed E-state index contributed by atoms with van der Waals surface area (Å²) in [5.41, 5.74) is 0.397. The summed E-state index contributed by atoms with van der Waals surface area (Å²) in [6.07, 6.45) is 3.42. The molecule has 3 heterocycles. The molecule has 35 heavy (non-hydrogen) atoms. The minimum Gasteiger partial charge on any atom is -0.388 e. The molecule has 0 radical (unpaired) electrons. The van der Waals surface area contributed by atoms with Crippen molar-refractivity contribution in [3.8, 4) is 5.69 Å². The number of aromatic nitrogens is 4. The maximum atomic E-state index is 13.9. The summed E-state index contributed by atoms with van der Waals surface area (Å²) in [6, 6.07) is 11.4. The minimum atomic E-state index is -1.18. The predicted octanol–water partition coefficient (Wildman–Crippen LogP) is 3.35. The summed E-state index contributed by atoms with van der Waals surface area (Å²) >= 11 is 5.95. The van der Waals surface area contributed by atoms with E-state index in [2.05, 4.69) is 10.1 Å². The molecule has 1 aliphatic rings. The second-order valence-corrected chi connectivity index (χ2v) is 9.36. The molecule has 2 aromatic carbocycles. The van der Waals surface area contributed by atoms with Gasteiger partial charge in [0.15, 0.2) is 5.65 Å². The standard InChI is InChI=1S/C25H23ClFN5O3/c1-16-2-3-17(12-21(16)27)23(33)30-10-8-25(35,9-11-30)14-31-15-28-22-20(24(31)34)13-29-32(22)19-6-4-18(26)5-7-19/h2-7,12-13,15,35H,8-11,14H2,1H3. The number of carbonyl (C=O) groups is 1. The average Bonchev–Trinajstić information content (AvgIpc) is 3.28. The molecule has 1 N–H and O–H groups in total. The van der Waals surface area contributed by atoms with Crippen molar-refractivity contribution in [1.82, 2.24) is 24.2 Å². The van der Waals surface area contributed by atoms with Crippen LogP contribution in [0.4, 0.5) is 4.39 Å². The highest BCUT2D eigenvalue weighted by Gasteiger charge is 2.35. The number of hydrogen-bond acceptors (Lipinski definition) is 5. The molecule has 10 heteroatoms. The van der Waals surface area contributed by atoms with Gasteiger partial charge in [0.1, 0.15) is 17.5 Å². The lowest BCUT2D eigenvalue weighted by Crippen LogP contribution is -2.49. The number of rotatable bonds is 4. The smallest absolute Gasteiger partial charge is 0.264 e. The first-order valence-corrected chi connectivity index (χ1v) is 11.6. The van der Waals surface area contributed by atoms with E-state index in [1.54, 1.807) is 52.9 Å². The van der Waals surface area contributed by atoms with Gasteiger partial charge in [-0.3, -0.25) is 14.2 Å². The summed E-state index contributed by atoms with van der Waals surface area (Å²) in [4.78, 5) is 31.9. The summed E-state index contributed by atoms with van der Waals surface area (Å²) < 4.78 is 16.8. The number of amides is 1. The molecule has 180 valence electrons. The maximum Gasteiger partial charge on any atom is 0.264 e. The first-order chi connectivity index (χ1) is 16.7. The molecule has 0 saturated carbocycles. The normalized spacial score (nSPS) is 15.5. The second-order valence-electron chi connectivity index (χ2n) is 8.93. The summed E-state index contributed by atoms with van der Waals surface area (Å²) in [7, 11) is 0. The van der Waals surface area contributed by atoms with Crippen LogP contribution in [0.1, 0.15) is 28.8 Å². The van der Waals surface area contributed by atoms with Crippen molar-refractivity contribution in [2.24, 2.45) is 0 Å². The van der Waals surface area contributed by atoms with Gasteiger partial charge >= 0.3 is 0 Å². The van der Waals surface area contributed by atoms with Gasteiger partial charge in [-0.1, -0.05) is 17.7 Å². The van der Waals surface area contributed by atoms with E-state index in [9.17, 15) is 19.1 Å². The number of halogens is 2. The molecule has 2 aromatic heterocycles. The number of piperidine rings is 1. The Hall–Kier alpha value is -3.56. The van der Waals surface area contributed by atoms with Crippen LogP contribution in [-0.2, 0) is 6.54 Å². The first-order valence-electron chi connectivity index (χ1n) is 11.2. The quantitative estimate of drug-likeness (QED) is 0.468. The van der Waals surface area contributed by atoms with Crippen LogP contribution < -0.4 is 5.56 Å². The van der Waals surface area contributed by atoms with Crippen LogP contribution in [0, 0.1) is 12.7 Å². The van der Waals surface area contributed by atoms with Crippen LogP contribution in [0.2, 0.25) is 5.02 Å². The van der Waals surface area contributed by atoms with Crippen molar-refractivity contribution in [2.75, 3.05) is 13.1 Å². The average molecular weight is 496 g/mol. The fourth-order valence-corrected chi connectivity index (χ4v) is 4.47. The number of carbonyl (C=O) groups excluding carboxylic acids is 1. The van der Waals surface area contributed by atoms with Gasteiger partial charge in [0.25, 0.3) is 11.5 Å². The van der Waals surface area contributed by atoms with E-state index in [4.69, 9.17) is 11.6 Å². The fourth-order valence-electron chi connectivity index (χ4n) is 4.34. The minimum absolute atomic E-state index is 0.0437. The number of likely N-dealkylation sites (tertiary alicyclic amines) is 1. The van der Waals surface area contributed by atoms with Crippen molar-refractivity contribution < 1.29 is 14.3 Å². The van der Waals surface area contributed by atoms with Crippen LogP contribution >= 0.6 is 11.6 Å². The van der Waals surface area contributed by atoms with Crippen LogP contribution in [0.25, 0.3) is 16.7 Å². The third-order valence-electron chi connectivity index (χ3n) is 6.49. The van der Waals surface area contributed by atoms with Crippen molar-refractivity contribution in [3.05, 3.63) is 87.3 Å². The lowest BCUT2D eigenvalue weighted by molar-refractivity contribution is -0.0299. The van der Waals surface area contributed by atoms with Gasteiger partial charge < -0.3 is 10.0 Å². The van der Waals surface area contributed by atoms with Crippen molar-refractivity contribution >= 4 is 28.5 Å². The van der Waals surface area contributed by atoms with Crippen LogP contribution in [0.5, 0.6) is 0 Å². The van der Waals surface area contributed by atoms with Crippen LogP contribution in [0.15, 0.2) is 59.8 Å². The number of aryl methyl sites for hydroxylation is 1.